The van der Waals surface area contributed by atoms with Crippen LogP contribution >= 0.6 is 11.3 Å². The number of para-hydroxylation sites is 2. The zero-order valence-corrected chi connectivity index (χ0v) is 40.4. The van der Waals surface area contributed by atoms with Crippen molar-refractivity contribution in [2.75, 3.05) is 0 Å². The minimum absolute atomic E-state index is 0. The molecule has 5 aromatic carbocycles. The second kappa shape index (κ2) is 18.4. The molecular formula is C52H55GeIrN3S-2. The molecule has 58 heavy (non-hydrogen) atoms. The third-order valence-corrected chi connectivity index (χ3v) is 15.7. The maximum atomic E-state index is 7.86. The van der Waals surface area contributed by atoms with Crippen LogP contribution in [0.3, 0.4) is 0 Å². The van der Waals surface area contributed by atoms with Crippen LogP contribution in [-0.2, 0) is 26.5 Å². The molecule has 0 atom stereocenters. The second-order valence-corrected chi connectivity index (χ2v) is 28.5. The SMILES string of the molecule is CC(C)Cc1cc(-c2[c-]cccc2)nc[c]1[Ge]([CH3])([CH3])[CH3].[2H]C([2H])([2H])c1ccc2c(-c3nc4ccccc4n3-c3c(C(C)C)cc(-c4ccccc4)cc3C(C)C)[c-]sc2c1.[Ir]. The third kappa shape index (κ3) is 9.34. The molecule has 0 bridgehead atoms. The molecule has 0 unspecified atom stereocenters. The van der Waals surface area contributed by atoms with Crippen LogP contribution in [0.4, 0.5) is 0 Å². The quantitative estimate of drug-likeness (QED) is 0.107. The Balaban J connectivity index is 0.000000250. The molecule has 3 aromatic heterocycles. The fourth-order valence-electron chi connectivity index (χ4n) is 7.66. The summed E-state index contributed by atoms with van der Waals surface area (Å²) in [4.78, 5) is 9.86. The molecule has 6 heteroatoms. The Morgan fingerprint density at radius 1 is 0.776 bits per heavy atom. The van der Waals surface area contributed by atoms with E-state index in [9.17, 15) is 0 Å². The van der Waals surface area contributed by atoms with Gasteiger partial charge in [0.25, 0.3) is 0 Å². The molecule has 0 spiro atoms. The summed E-state index contributed by atoms with van der Waals surface area (Å²) < 4.78 is 28.3. The van der Waals surface area contributed by atoms with Gasteiger partial charge >= 0.3 is 126 Å². The van der Waals surface area contributed by atoms with Crippen molar-refractivity contribution in [1.29, 1.82) is 0 Å². The monoisotopic (exact) mass is 1020 g/mol. The van der Waals surface area contributed by atoms with E-state index in [2.05, 4.69) is 154 Å². The summed E-state index contributed by atoms with van der Waals surface area (Å²) in [5.74, 6) is 9.36. The number of aromatic nitrogens is 3. The number of aryl methyl sites for hydroxylation is 1. The van der Waals surface area contributed by atoms with Gasteiger partial charge in [-0.3, -0.25) is 16.3 Å². The number of pyridine rings is 1. The first-order chi connectivity index (χ1) is 28.5. The minimum atomic E-state index is -2.15. The maximum Gasteiger partial charge on any atom is 0.0774 e. The van der Waals surface area contributed by atoms with E-state index in [4.69, 9.17) is 14.1 Å². The van der Waals surface area contributed by atoms with Crippen LogP contribution in [0.1, 0.15) is 79.7 Å². The molecule has 0 N–H and O–H groups in total. The standard InChI is InChI=1S/C34H31N2S.C18H24GeN.Ir/c1-21(2)27-18-25(24-11-7-6-8-12-24)19-28(22(3)4)33(27)36-31-14-10-9-13-30(31)35-34(36)29-20-37-32-17-23(5)15-16-26(29)32;1-14(2)11-16-12-18(15-9-7-6-8-10-15)20-13-17(16)19(3,4)5;/h6-19,21-22H,1-5H3;6-9,12-14H,11H2,1-5H3;/q2*-1;/i5D3;;. The van der Waals surface area contributed by atoms with Crippen LogP contribution in [0.5, 0.6) is 0 Å². The summed E-state index contributed by atoms with van der Waals surface area (Å²) in [5.41, 5.74) is 12.9. The molecule has 0 aliphatic heterocycles. The summed E-state index contributed by atoms with van der Waals surface area (Å²) in [6.45, 7) is 11.4. The maximum absolute atomic E-state index is 7.86. The molecule has 0 amide bonds. The van der Waals surface area contributed by atoms with Gasteiger partial charge in [0.1, 0.15) is 0 Å². The van der Waals surface area contributed by atoms with Gasteiger partial charge in [0.15, 0.2) is 0 Å². The largest absolute Gasteiger partial charge is 0.333 e. The van der Waals surface area contributed by atoms with Crippen molar-refractivity contribution in [3.8, 4) is 39.5 Å². The number of hydrogen-bond donors (Lipinski definition) is 0. The fraction of sp³-hybridized carbons (Fsp3) is 0.269. The number of rotatable bonds is 9. The van der Waals surface area contributed by atoms with E-state index in [1.165, 1.54) is 44.8 Å². The van der Waals surface area contributed by atoms with Gasteiger partial charge in [-0.2, -0.15) is 0 Å². The first-order valence-corrected chi connectivity index (χ1v) is 28.3. The summed E-state index contributed by atoms with van der Waals surface area (Å²) in [7, 11) is 0. The van der Waals surface area contributed by atoms with E-state index in [-0.39, 0.29) is 31.9 Å². The van der Waals surface area contributed by atoms with Crippen molar-refractivity contribution in [2.45, 2.75) is 83.9 Å². The molecule has 0 aliphatic rings. The van der Waals surface area contributed by atoms with Crippen LogP contribution < -0.4 is 4.40 Å². The summed E-state index contributed by atoms with van der Waals surface area (Å²) in [5, 5.41) is 4.45. The van der Waals surface area contributed by atoms with Gasteiger partial charge in [0.05, 0.1) is 16.9 Å². The van der Waals surface area contributed by atoms with Crippen molar-refractivity contribution in [1.82, 2.24) is 14.5 Å². The Morgan fingerprint density at radius 3 is 2.10 bits per heavy atom. The number of thiophene rings is 1. The van der Waals surface area contributed by atoms with E-state index in [0.29, 0.717) is 11.5 Å². The van der Waals surface area contributed by atoms with Gasteiger partial charge in [0, 0.05) is 29.9 Å². The van der Waals surface area contributed by atoms with E-state index in [1.807, 2.05) is 30.3 Å². The van der Waals surface area contributed by atoms with E-state index < -0.39 is 20.1 Å². The smallest absolute Gasteiger partial charge is 0.0774 e. The number of hydrogen-bond acceptors (Lipinski definition) is 3. The van der Waals surface area contributed by atoms with Gasteiger partial charge < -0.3 is 4.57 Å². The first kappa shape index (κ1) is 39.3. The minimum Gasteiger partial charge on any atom is -0.333 e. The Labute approximate surface area is 370 Å². The molecule has 1 radical (unpaired) electrons. The Bertz CT molecular complexity index is 2720. The van der Waals surface area contributed by atoms with Crippen molar-refractivity contribution < 1.29 is 24.2 Å². The molecule has 8 rings (SSSR count). The van der Waals surface area contributed by atoms with E-state index in [0.717, 1.165) is 50.2 Å². The van der Waals surface area contributed by atoms with Crippen molar-refractivity contribution in [3.63, 3.8) is 0 Å². The predicted octanol–water partition coefficient (Wildman–Crippen LogP) is 14.2. The number of benzene rings is 5. The van der Waals surface area contributed by atoms with E-state index >= 15 is 0 Å². The Kier molecular flexibility index (Phi) is 12.5. The van der Waals surface area contributed by atoms with Crippen LogP contribution in [0.2, 0.25) is 17.3 Å². The predicted molar refractivity (Wildman–Crippen MR) is 249 cm³/mol. The van der Waals surface area contributed by atoms with Gasteiger partial charge in [-0.15, -0.1) is 11.5 Å². The third-order valence-electron chi connectivity index (χ3n) is 10.5. The summed E-state index contributed by atoms with van der Waals surface area (Å²) in [6, 6.07) is 42.5. The zero-order valence-electron chi connectivity index (χ0n) is 38.1. The van der Waals surface area contributed by atoms with Gasteiger partial charge in [0.2, 0.25) is 0 Å². The zero-order chi connectivity index (χ0) is 42.9. The van der Waals surface area contributed by atoms with Crippen LogP contribution in [-0.4, -0.2) is 27.8 Å². The fourth-order valence-corrected chi connectivity index (χ4v) is 11.9. The summed E-state index contributed by atoms with van der Waals surface area (Å²) in [6.07, 6.45) is 3.27. The molecule has 0 fully saturated rings. The van der Waals surface area contributed by atoms with Crippen molar-refractivity contribution in [2.24, 2.45) is 5.92 Å². The van der Waals surface area contributed by atoms with Gasteiger partial charge in [-0.25, -0.2) is 0 Å². The van der Waals surface area contributed by atoms with Crippen molar-refractivity contribution in [3.05, 3.63) is 155 Å². The summed E-state index contributed by atoms with van der Waals surface area (Å²) >= 11 is -0.413. The van der Waals surface area contributed by atoms with E-state index in [1.54, 1.807) is 16.5 Å². The second-order valence-electron chi connectivity index (χ2n) is 17.1. The molecule has 0 saturated heterocycles. The molecule has 299 valence electrons. The molecular weight excluding hydrogens is 963 g/mol. The molecule has 3 nitrogen and oxygen atoms in total. The Morgan fingerprint density at radius 2 is 1.47 bits per heavy atom. The molecule has 8 aromatic rings. The number of nitrogens with zero attached hydrogens (tertiary/aromatic N) is 3. The normalized spacial score (nSPS) is 12.7. The number of imidazole rings is 1. The first-order valence-electron chi connectivity index (χ1n) is 21.6. The molecule has 0 saturated carbocycles. The molecule has 0 aliphatic carbocycles. The average Bonchev–Trinajstić information content (AvgIpc) is 3.81. The molecule has 3 heterocycles. The Hall–Kier alpha value is -4.13. The van der Waals surface area contributed by atoms with Crippen LogP contribution in [0, 0.1) is 24.2 Å². The topological polar surface area (TPSA) is 30.7 Å². The number of fused-ring (bicyclic) bond motifs is 2. The van der Waals surface area contributed by atoms with Gasteiger partial charge in [-0.1, -0.05) is 103 Å². The van der Waals surface area contributed by atoms with Crippen molar-refractivity contribution >= 4 is 50.1 Å². The average molecular weight is 1020 g/mol. The van der Waals surface area contributed by atoms with Crippen LogP contribution in [0.25, 0.3) is 60.6 Å². The van der Waals surface area contributed by atoms with Gasteiger partial charge in [-0.05, 0) is 65.2 Å². The van der Waals surface area contributed by atoms with Crippen LogP contribution in [0.15, 0.2) is 121 Å².